The Morgan fingerprint density at radius 3 is 3.00 bits per heavy atom. The van der Waals surface area contributed by atoms with Gasteiger partial charge in [0.05, 0.1) is 0 Å². The van der Waals surface area contributed by atoms with Crippen LogP contribution < -0.4 is 10.2 Å². The van der Waals surface area contributed by atoms with E-state index in [2.05, 4.69) is 39.2 Å². The van der Waals surface area contributed by atoms with Crippen LogP contribution in [0.25, 0.3) is 0 Å². The minimum absolute atomic E-state index is 0.632. The first-order valence-corrected chi connectivity index (χ1v) is 6.19. The quantitative estimate of drug-likeness (QED) is 0.845. The van der Waals surface area contributed by atoms with Crippen LogP contribution in [-0.4, -0.2) is 54.6 Å². The van der Waals surface area contributed by atoms with Crippen molar-refractivity contribution in [1.29, 1.82) is 0 Å². The second-order valence-corrected chi connectivity index (χ2v) is 4.62. The van der Waals surface area contributed by atoms with Crippen molar-refractivity contribution in [3.05, 3.63) is 12.3 Å². The van der Waals surface area contributed by atoms with Crippen molar-refractivity contribution in [2.45, 2.75) is 19.4 Å². The first kappa shape index (κ1) is 12.1. The molecule has 1 atom stereocenters. The Hall–Kier alpha value is -1.36. The average molecular weight is 235 g/mol. The van der Waals surface area contributed by atoms with Gasteiger partial charge in [-0.15, -0.1) is 0 Å². The molecule has 0 saturated carbocycles. The normalized spacial score (nSPS) is 20.0. The molecule has 0 amide bonds. The molecule has 5 nitrogen and oxygen atoms in total. The molecular formula is C12H21N5. The molecule has 0 aliphatic carbocycles. The van der Waals surface area contributed by atoms with E-state index in [1.165, 1.54) is 6.42 Å². The van der Waals surface area contributed by atoms with Gasteiger partial charge in [-0.3, -0.25) is 0 Å². The van der Waals surface area contributed by atoms with Crippen LogP contribution in [0.4, 0.5) is 11.8 Å². The van der Waals surface area contributed by atoms with E-state index >= 15 is 0 Å². The minimum Gasteiger partial charge on any atom is -0.355 e. The monoisotopic (exact) mass is 235 g/mol. The summed E-state index contributed by atoms with van der Waals surface area (Å²) < 4.78 is 0. The molecule has 5 heteroatoms. The van der Waals surface area contributed by atoms with Gasteiger partial charge in [0, 0.05) is 31.9 Å². The Balaban J connectivity index is 2.05. The standard InChI is InChI=1S/C12H21N5/c1-4-13-12-14-7-5-11(15-12)17-8-6-10(9-17)16(2)3/h5,7,10H,4,6,8-9H2,1-3H3,(H,13,14,15). The highest BCUT2D eigenvalue weighted by molar-refractivity contribution is 5.43. The maximum absolute atomic E-state index is 4.52. The molecule has 1 aromatic heterocycles. The smallest absolute Gasteiger partial charge is 0.224 e. The van der Waals surface area contributed by atoms with Gasteiger partial charge < -0.3 is 15.1 Å². The van der Waals surface area contributed by atoms with E-state index < -0.39 is 0 Å². The molecule has 0 radical (unpaired) electrons. The van der Waals surface area contributed by atoms with Crippen LogP contribution in [0.2, 0.25) is 0 Å². The van der Waals surface area contributed by atoms with Crippen LogP contribution in [0.5, 0.6) is 0 Å². The van der Waals surface area contributed by atoms with E-state index in [9.17, 15) is 0 Å². The molecule has 1 aromatic rings. The number of nitrogens with zero attached hydrogens (tertiary/aromatic N) is 4. The molecule has 17 heavy (non-hydrogen) atoms. The number of anilines is 2. The lowest BCUT2D eigenvalue weighted by Gasteiger charge is -2.21. The van der Waals surface area contributed by atoms with Crippen molar-refractivity contribution in [3.8, 4) is 0 Å². The van der Waals surface area contributed by atoms with Gasteiger partial charge >= 0.3 is 0 Å². The van der Waals surface area contributed by atoms with E-state index in [1.807, 2.05) is 19.2 Å². The lowest BCUT2D eigenvalue weighted by molar-refractivity contribution is 0.315. The summed E-state index contributed by atoms with van der Waals surface area (Å²) in [5, 5.41) is 3.15. The third kappa shape index (κ3) is 2.85. The highest BCUT2D eigenvalue weighted by Gasteiger charge is 2.24. The predicted octanol–water partition coefficient (Wildman–Crippen LogP) is 1.05. The van der Waals surface area contributed by atoms with Crippen molar-refractivity contribution >= 4 is 11.8 Å². The molecular weight excluding hydrogens is 214 g/mol. The summed E-state index contributed by atoms with van der Waals surface area (Å²) in [6.07, 6.45) is 3.02. The van der Waals surface area contributed by atoms with Gasteiger partial charge in [-0.1, -0.05) is 0 Å². The van der Waals surface area contributed by atoms with Crippen molar-refractivity contribution < 1.29 is 0 Å². The first-order valence-electron chi connectivity index (χ1n) is 6.19. The Labute approximate surface area is 103 Å². The van der Waals surface area contributed by atoms with Gasteiger partial charge in [-0.05, 0) is 33.5 Å². The SMILES string of the molecule is CCNc1nccc(N2CCC(N(C)C)C2)n1. The fourth-order valence-electron chi connectivity index (χ4n) is 2.14. The van der Waals surface area contributed by atoms with Gasteiger partial charge in [-0.2, -0.15) is 4.98 Å². The molecule has 0 spiro atoms. The summed E-state index contributed by atoms with van der Waals surface area (Å²) >= 11 is 0. The van der Waals surface area contributed by atoms with Crippen molar-refractivity contribution in [1.82, 2.24) is 14.9 Å². The van der Waals surface area contributed by atoms with E-state index in [-0.39, 0.29) is 0 Å². The lowest BCUT2D eigenvalue weighted by Crippen LogP contribution is -2.31. The average Bonchev–Trinajstić information content (AvgIpc) is 2.79. The second kappa shape index (κ2) is 5.31. The number of hydrogen-bond acceptors (Lipinski definition) is 5. The fourth-order valence-corrected chi connectivity index (χ4v) is 2.14. The zero-order valence-corrected chi connectivity index (χ0v) is 10.8. The zero-order chi connectivity index (χ0) is 12.3. The summed E-state index contributed by atoms with van der Waals surface area (Å²) in [5.74, 6) is 1.75. The largest absolute Gasteiger partial charge is 0.355 e. The van der Waals surface area contributed by atoms with Crippen LogP contribution in [-0.2, 0) is 0 Å². The number of nitrogens with one attached hydrogen (secondary N) is 1. The van der Waals surface area contributed by atoms with Gasteiger partial charge in [0.25, 0.3) is 0 Å². The van der Waals surface area contributed by atoms with Crippen LogP contribution in [0.3, 0.4) is 0 Å². The number of aromatic nitrogens is 2. The molecule has 2 heterocycles. The summed E-state index contributed by atoms with van der Waals surface area (Å²) in [5.41, 5.74) is 0. The summed E-state index contributed by atoms with van der Waals surface area (Å²) in [6.45, 7) is 5.03. The Kier molecular flexibility index (Phi) is 3.78. The van der Waals surface area contributed by atoms with E-state index in [0.29, 0.717) is 6.04 Å². The second-order valence-electron chi connectivity index (χ2n) is 4.62. The molecule has 1 aliphatic rings. The topological polar surface area (TPSA) is 44.3 Å². The molecule has 0 aromatic carbocycles. The molecule has 1 aliphatic heterocycles. The molecule has 1 saturated heterocycles. The summed E-state index contributed by atoms with van der Waals surface area (Å²) in [7, 11) is 4.27. The third-order valence-corrected chi connectivity index (χ3v) is 3.19. The first-order chi connectivity index (χ1) is 8.20. The van der Waals surface area contributed by atoms with Crippen LogP contribution in [0, 0.1) is 0 Å². The Morgan fingerprint density at radius 2 is 2.35 bits per heavy atom. The van der Waals surface area contributed by atoms with Crippen molar-refractivity contribution in [2.24, 2.45) is 0 Å². The molecule has 0 bridgehead atoms. The van der Waals surface area contributed by atoms with Crippen molar-refractivity contribution in [3.63, 3.8) is 0 Å². The van der Waals surface area contributed by atoms with Crippen molar-refractivity contribution in [2.75, 3.05) is 43.9 Å². The highest BCUT2D eigenvalue weighted by Crippen LogP contribution is 2.20. The van der Waals surface area contributed by atoms with Gasteiger partial charge in [0.2, 0.25) is 5.95 Å². The molecule has 1 fully saturated rings. The molecule has 2 rings (SSSR count). The minimum atomic E-state index is 0.632. The van der Waals surface area contributed by atoms with E-state index in [1.54, 1.807) is 0 Å². The number of rotatable bonds is 4. The van der Waals surface area contributed by atoms with Gasteiger partial charge in [-0.25, -0.2) is 4.98 Å². The molecule has 1 unspecified atom stereocenters. The van der Waals surface area contributed by atoms with Crippen LogP contribution in [0.15, 0.2) is 12.3 Å². The summed E-state index contributed by atoms with van der Waals surface area (Å²) in [6, 6.07) is 2.62. The predicted molar refractivity (Wildman–Crippen MR) is 70.5 cm³/mol. The molecule has 1 N–H and O–H groups in total. The highest BCUT2D eigenvalue weighted by atomic mass is 15.3. The number of hydrogen-bond donors (Lipinski definition) is 1. The summed E-state index contributed by atoms with van der Waals surface area (Å²) in [4.78, 5) is 13.3. The Bertz CT molecular complexity index is 366. The van der Waals surface area contributed by atoms with E-state index in [0.717, 1.165) is 31.4 Å². The van der Waals surface area contributed by atoms with E-state index in [4.69, 9.17) is 0 Å². The molecule has 94 valence electrons. The van der Waals surface area contributed by atoms with Gasteiger partial charge in [0.1, 0.15) is 5.82 Å². The zero-order valence-electron chi connectivity index (χ0n) is 10.8. The van der Waals surface area contributed by atoms with Crippen LogP contribution in [0.1, 0.15) is 13.3 Å². The van der Waals surface area contributed by atoms with Gasteiger partial charge in [0.15, 0.2) is 0 Å². The maximum Gasteiger partial charge on any atom is 0.224 e. The third-order valence-electron chi connectivity index (χ3n) is 3.19. The maximum atomic E-state index is 4.52. The fraction of sp³-hybridized carbons (Fsp3) is 0.667. The number of likely N-dealkylation sites (N-methyl/N-ethyl adjacent to an activating group) is 1. The lowest BCUT2D eigenvalue weighted by atomic mass is 10.2. The van der Waals surface area contributed by atoms with Crippen LogP contribution >= 0.6 is 0 Å². The Morgan fingerprint density at radius 1 is 1.53 bits per heavy atom.